The van der Waals surface area contributed by atoms with Gasteiger partial charge in [-0.05, 0) is 65.0 Å². The smallest absolute Gasteiger partial charge is 0.234 e. The van der Waals surface area contributed by atoms with Crippen LogP contribution in [0.15, 0.2) is 0 Å². The summed E-state index contributed by atoms with van der Waals surface area (Å²) < 4.78 is 0. The van der Waals surface area contributed by atoms with Crippen molar-refractivity contribution in [3.63, 3.8) is 0 Å². The van der Waals surface area contributed by atoms with Crippen molar-refractivity contribution in [2.24, 2.45) is 11.7 Å². The number of rotatable bonds is 6. The second-order valence-electron chi connectivity index (χ2n) is 7.16. The molecule has 4 atom stereocenters. The molecule has 4 heteroatoms. The molecule has 2 heterocycles. The Hall–Kier alpha value is -0.610. The lowest BCUT2D eigenvalue weighted by molar-refractivity contribution is -0.120. The number of hydrogen-bond acceptors (Lipinski definition) is 3. The Balaban J connectivity index is 1.64. The van der Waals surface area contributed by atoms with Gasteiger partial charge < -0.3 is 11.1 Å². The number of primary amides is 1. The lowest BCUT2D eigenvalue weighted by atomic mass is 9.88. The van der Waals surface area contributed by atoms with Gasteiger partial charge in [-0.1, -0.05) is 19.3 Å². The zero-order valence-electron chi connectivity index (χ0n) is 13.8. The minimum atomic E-state index is -0.185. The molecule has 3 N–H and O–H groups in total. The number of piperidine rings is 2. The van der Waals surface area contributed by atoms with Crippen molar-refractivity contribution in [1.82, 2.24) is 10.2 Å². The molecule has 0 aromatic rings. The average molecular weight is 295 g/mol. The van der Waals surface area contributed by atoms with E-state index in [-0.39, 0.29) is 11.9 Å². The second kappa shape index (κ2) is 8.14. The molecule has 2 fully saturated rings. The maximum atomic E-state index is 11.3. The fourth-order valence-electron chi connectivity index (χ4n) is 4.12. The van der Waals surface area contributed by atoms with E-state index in [0.29, 0.717) is 5.92 Å². The molecule has 0 radical (unpaired) electrons. The fourth-order valence-corrected chi connectivity index (χ4v) is 4.12. The molecule has 0 aliphatic carbocycles. The van der Waals surface area contributed by atoms with Crippen LogP contribution in [0, 0.1) is 5.92 Å². The summed E-state index contributed by atoms with van der Waals surface area (Å²) in [7, 11) is 0. The molecule has 2 unspecified atom stereocenters. The third-order valence-corrected chi connectivity index (χ3v) is 5.51. The van der Waals surface area contributed by atoms with Gasteiger partial charge >= 0.3 is 0 Å². The minimum Gasteiger partial charge on any atom is -0.368 e. The highest BCUT2D eigenvalue weighted by molar-refractivity contribution is 5.79. The van der Waals surface area contributed by atoms with Gasteiger partial charge in [0.05, 0.1) is 6.04 Å². The van der Waals surface area contributed by atoms with Crippen LogP contribution in [0.25, 0.3) is 0 Å². The number of hydrogen-bond donors (Lipinski definition) is 2. The molecular weight excluding hydrogens is 262 g/mol. The van der Waals surface area contributed by atoms with E-state index < -0.39 is 0 Å². The summed E-state index contributed by atoms with van der Waals surface area (Å²) >= 11 is 0. The van der Waals surface area contributed by atoms with Gasteiger partial charge in [0.2, 0.25) is 5.91 Å². The molecule has 2 rings (SSSR count). The van der Waals surface area contributed by atoms with Crippen LogP contribution in [-0.2, 0) is 4.79 Å². The van der Waals surface area contributed by atoms with E-state index in [0.717, 1.165) is 25.0 Å². The maximum absolute atomic E-state index is 11.3. The molecule has 0 saturated carbocycles. The number of nitrogens with one attached hydrogen (secondary N) is 1. The molecular formula is C17H33N3O. The first-order chi connectivity index (χ1) is 10.1. The highest BCUT2D eigenvalue weighted by Crippen LogP contribution is 2.25. The highest BCUT2D eigenvalue weighted by atomic mass is 16.1. The van der Waals surface area contributed by atoms with E-state index in [1.807, 2.05) is 0 Å². The molecule has 122 valence electrons. The van der Waals surface area contributed by atoms with Crippen LogP contribution in [-0.4, -0.2) is 42.0 Å². The third-order valence-electron chi connectivity index (χ3n) is 5.51. The monoisotopic (exact) mass is 295 g/mol. The lowest BCUT2D eigenvalue weighted by Crippen LogP contribution is -2.46. The molecule has 1 amide bonds. The van der Waals surface area contributed by atoms with Gasteiger partial charge in [-0.3, -0.25) is 9.69 Å². The van der Waals surface area contributed by atoms with Crippen molar-refractivity contribution >= 4 is 5.91 Å². The maximum Gasteiger partial charge on any atom is 0.234 e. The largest absolute Gasteiger partial charge is 0.368 e. The Bertz CT molecular complexity index is 324. The molecule has 21 heavy (non-hydrogen) atoms. The normalized spacial score (nSPS) is 34.8. The topological polar surface area (TPSA) is 58.4 Å². The Morgan fingerprint density at radius 3 is 2.57 bits per heavy atom. The Morgan fingerprint density at radius 2 is 1.90 bits per heavy atom. The number of likely N-dealkylation sites (tertiary alicyclic amines) is 1. The first-order valence-corrected chi connectivity index (χ1v) is 8.86. The quantitative estimate of drug-likeness (QED) is 0.739. The Morgan fingerprint density at radius 1 is 1.19 bits per heavy atom. The molecule has 0 bridgehead atoms. The highest BCUT2D eigenvalue weighted by Gasteiger charge is 2.26. The summed E-state index contributed by atoms with van der Waals surface area (Å²) in [5, 5.41) is 3.22. The van der Waals surface area contributed by atoms with Gasteiger partial charge in [0.25, 0.3) is 0 Å². The van der Waals surface area contributed by atoms with Crippen LogP contribution in [0.5, 0.6) is 0 Å². The van der Waals surface area contributed by atoms with Crippen LogP contribution in [0.4, 0.5) is 0 Å². The zero-order chi connectivity index (χ0) is 15.2. The van der Waals surface area contributed by atoms with Gasteiger partial charge in [0, 0.05) is 12.1 Å². The minimum absolute atomic E-state index is 0.0918. The van der Waals surface area contributed by atoms with E-state index in [1.54, 1.807) is 0 Å². The molecule has 2 aliphatic rings. The Kier molecular flexibility index (Phi) is 6.49. The summed E-state index contributed by atoms with van der Waals surface area (Å²) in [5.74, 6) is 0.496. The van der Waals surface area contributed by atoms with E-state index in [1.165, 1.54) is 51.5 Å². The van der Waals surface area contributed by atoms with Gasteiger partial charge in [-0.25, -0.2) is 0 Å². The van der Waals surface area contributed by atoms with E-state index >= 15 is 0 Å². The molecule has 2 saturated heterocycles. The zero-order valence-corrected chi connectivity index (χ0v) is 13.8. The van der Waals surface area contributed by atoms with Crippen LogP contribution in [0.1, 0.15) is 65.2 Å². The SMILES string of the molecule is C[C@H]1CCC[C@H](C)N1CCCCC1CCNC(C(N)=O)C1. The molecule has 2 aliphatic heterocycles. The third kappa shape index (κ3) is 4.96. The van der Waals surface area contributed by atoms with Crippen molar-refractivity contribution in [1.29, 1.82) is 0 Å². The van der Waals surface area contributed by atoms with Crippen LogP contribution >= 0.6 is 0 Å². The van der Waals surface area contributed by atoms with Gasteiger partial charge in [0.1, 0.15) is 0 Å². The van der Waals surface area contributed by atoms with Gasteiger partial charge in [-0.2, -0.15) is 0 Å². The molecule has 0 aromatic heterocycles. The number of unbranched alkanes of at least 4 members (excludes halogenated alkanes) is 1. The average Bonchev–Trinajstić information content (AvgIpc) is 2.46. The first-order valence-electron chi connectivity index (χ1n) is 8.86. The van der Waals surface area contributed by atoms with Crippen molar-refractivity contribution < 1.29 is 4.79 Å². The van der Waals surface area contributed by atoms with Crippen LogP contribution in [0.3, 0.4) is 0 Å². The van der Waals surface area contributed by atoms with E-state index in [2.05, 4.69) is 24.1 Å². The molecule has 0 aromatic carbocycles. The van der Waals surface area contributed by atoms with E-state index in [4.69, 9.17) is 5.73 Å². The summed E-state index contributed by atoms with van der Waals surface area (Å²) in [5.41, 5.74) is 5.40. The van der Waals surface area contributed by atoms with Crippen LogP contribution < -0.4 is 11.1 Å². The summed E-state index contributed by atoms with van der Waals surface area (Å²) in [6, 6.07) is 1.42. The Labute approximate surface area is 129 Å². The fraction of sp³-hybridized carbons (Fsp3) is 0.941. The predicted octanol–water partition coefficient (Wildman–Crippen LogP) is 2.27. The van der Waals surface area contributed by atoms with E-state index in [9.17, 15) is 4.79 Å². The predicted molar refractivity (Wildman–Crippen MR) is 87.0 cm³/mol. The lowest BCUT2D eigenvalue weighted by Gasteiger charge is -2.39. The van der Waals surface area contributed by atoms with Crippen molar-refractivity contribution in [2.45, 2.75) is 83.3 Å². The number of nitrogens with two attached hydrogens (primary N) is 1. The van der Waals surface area contributed by atoms with Gasteiger partial charge in [-0.15, -0.1) is 0 Å². The van der Waals surface area contributed by atoms with Crippen LogP contribution in [0.2, 0.25) is 0 Å². The molecule has 4 nitrogen and oxygen atoms in total. The van der Waals surface area contributed by atoms with Crippen molar-refractivity contribution in [2.75, 3.05) is 13.1 Å². The van der Waals surface area contributed by atoms with Crippen molar-refractivity contribution in [3.05, 3.63) is 0 Å². The number of carbonyl (C=O) groups excluding carboxylic acids is 1. The number of nitrogens with zero attached hydrogens (tertiary/aromatic N) is 1. The summed E-state index contributed by atoms with van der Waals surface area (Å²) in [6.45, 7) is 6.94. The standard InChI is InChI=1S/C17H33N3O/c1-13-6-5-7-14(2)20(13)11-4-3-8-15-9-10-19-16(12-15)17(18)21/h13-16,19H,3-12H2,1-2H3,(H2,18,21)/t13-,14-,15?,16?/m0/s1. The first kappa shape index (κ1) is 16.8. The number of amides is 1. The van der Waals surface area contributed by atoms with Gasteiger partial charge in [0.15, 0.2) is 0 Å². The summed E-state index contributed by atoms with van der Waals surface area (Å²) in [6.07, 6.45) is 10.1. The second-order valence-corrected chi connectivity index (χ2v) is 7.16. The number of carbonyl (C=O) groups is 1. The summed E-state index contributed by atoms with van der Waals surface area (Å²) in [4.78, 5) is 14.0. The van der Waals surface area contributed by atoms with Crippen molar-refractivity contribution in [3.8, 4) is 0 Å². The molecule has 0 spiro atoms.